The number of carbonyl (C=O) groups excluding carboxylic acids is 1. The lowest BCUT2D eigenvalue weighted by atomic mass is 9.92. The molecule has 1 aliphatic carbocycles. The zero-order valence-electron chi connectivity index (χ0n) is 15.9. The number of nitrogens with zero attached hydrogens (tertiary/aromatic N) is 1. The van der Waals surface area contributed by atoms with E-state index < -0.39 is 0 Å². The van der Waals surface area contributed by atoms with E-state index >= 15 is 0 Å². The number of hydrogen-bond donors (Lipinski definition) is 1. The fraction of sp³-hybridized carbons (Fsp3) is 0.591. The monoisotopic (exact) mass is 338 g/mol. The summed E-state index contributed by atoms with van der Waals surface area (Å²) in [6.45, 7) is 7.49. The van der Waals surface area contributed by atoms with Gasteiger partial charge in [-0.15, -0.1) is 0 Å². The molecule has 3 nitrogen and oxygen atoms in total. The van der Waals surface area contributed by atoms with Crippen molar-refractivity contribution in [3.8, 4) is 0 Å². The molecule has 2 heterocycles. The summed E-state index contributed by atoms with van der Waals surface area (Å²) in [4.78, 5) is 12.4. The van der Waals surface area contributed by atoms with Gasteiger partial charge in [-0.3, -0.25) is 4.79 Å². The third-order valence-corrected chi connectivity index (χ3v) is 5.60. The first kappa shape index (κ1) is 16.7. The van der Waals surface area contributed by atoms with Crippen LogP contribution in [-0.4, -0.2) is 10.5 Å². The van der Waals surface area contributed by atoms with Crippen LogP contribution in [0, 0.1) is 5.41 Å². The van der Waals surface area contributed by atoms with E-state index in [2.05, 4.69) is 42.8 Å². The minimum atomic E-state index is 0.0167. The number of benzene rings is 1. The molecule has 0 saturated heterocycles. The molecule has 1 amide bonds. The fourth-order valence-electron chi connectivity index (χ4n) is 4.66. The molecule has 4 rings (SSSR count). The van der Waals surface area contributed by atoms with E-state index in [1.807, 2.05) is 0 Å². The van der Waals surface area contributed by atoms with Gasteiger partial charge in [0.25, 0.3) is 0 Å². The van der Waals surface area contributed by atoms with Crippen molar-refractivity contribution in [2.45, 2.75) is 78.7 Å². The molecule has 0 saturated carbocycles. The second kappa shape index (κ2) is 6.19. The minimum Gasteiger partial charge on any atom is -0.344 e. The van der Waals surface area contributed by atoms with Gasteiger partial charge in [0.2, 0.25) is 5.91 Å². The lowest BCUT2D eigenvalue weighted by Gasteiger charge is -2.20. The van der Waals surface area contributed by atoms with E-state index in [1.54, 1.807) is 11.3 Å². The van der Waals surface area contributed by atoms with E-state index in [1.165, 1.54) is 55.0 Å². The van der Waals surface area contributed by atoms with Gasteiger partial charge >= 0.3 is 0 Å². The first-order valence-electron chi connectivity index (χ1n) is 9.89. The summed E-state index contributed by atoms with van der Waals surface area (Å²) in [6.07, 6.45) is 9.25. The second-order valence-electron chi connectivity index (χ2n) is 9.06. The minimum absolute atomic E-state index is 0.0167. The average Bonchev–Trinajstić information content (AvgIpc) is 2.70. The summed E-state index contributed by atoms with van der Waals surface area (Å²) in [5.74, 6) is 0.125. The number of hydrogen-bond acceptors (Lipinski definition) is 1. The number of nitrogens with one attached hydrogen (secondary N) is 1. The third kappa shape index (κ3) is 3.21. The molecule has 0 unspecified atom stereocenters. The van der Waals surface area contributed by atoms with Gasteiger partial charge in [-0.05, 0) is 67.2 Å². The highest BCUT2D eigenvalue weighted by atomic mass is 16.1. The van der Waals surface area contributed by atoms with Gasteiger partial charge in [0.05, 0.1) is 5.52 Å². The zero-order valence-corrected chi connectivity index (χ0v) is 15.9. The Hall–Kier alpha value is -1.77. The van der Waals surface area contributed by atoms with E-state index in [-0.39, 0.29) is 11.3 Å². The Balaban J connectivity index is 1.76. The summed E-state index contributed by atoms with van der Waals surface area (Å²) in [5.41, 5.74) is 7.01. The predicted octanol–water partition coefficient (Wildman–Crippen LogP) is 5.23. The van der Waals surface area contributed by atoms with Gasteiger partial charge in [0.1, 0.15) is 0 Å². The molecule has 0 spiro atoms. The Morgan fingerprint density at radius 1 is 1.08 bits per heavy atom. The fourth-order valence-corrected chi connectivity index (χ4v) is 4.66. The van der Waals surface area contributed by atoms with Crippen LogP contribution >= 0.6 is 0 Å². The Kier molecular flexibility index (Phi) is 4.13. The van der Waals surface area contributed by atoms with Crippen molar-refractivity contribution in [3.63, 3.8) is 0 Å². The first-order chi connectivity index (χ1) is 11.9. The molecule has 0 atom stereocenters. The summed E-state index contributed by atoms with van der Waals surface area (Å²) in [5, 5.41) is 4.58. The Morgan fingerprint density at radius 3 is 2.68 bits per heavy atom. The summed E-state index contributed by atoms with van der Waals surface area (Å²) < 4.78 is 2.59. The number of anilines is 1. The number of aromatic nitrogens is 1. The van der Waals surface area contributed by atoms with Gasteiger partial charge in [-0.25, -0.2) is 0 Å². The van der Waals surface area contributed by atoms with Gasteiger partial charge in [-0.2, -0.15) is 0 Å². The Bertz CT molecular complexity index is 823. The average molecular weight is 338 g/mol. The van der Waals surface area contributed by atoms with E-state index in [9.17, 15) is 4.79 Å². The summed E-state index contributed by atoms with van der Waals surface area (Å²) in [7, 11) is 0. The molecule has 1 N–H and O–H groups in total. The molecule has 1 aliphatic heterocycles. The van der Waals surface area contributed by atoms with Crippen LogP contribution in [0.15, 0.2) is 12.1 Å². The van der Waals surface area contributed by atoms with Crippen molar-refractivity contribution >= 4 is 22.5 Å². The maximum Gasteiger partial charge on any atom is 0.224 e. The van der Waals surface area contributed by atoms with E-state index in [0.717, 1.165) is 18.7 Å². The Labute approximate surface area is 150 Å². The van der Waals surface area contributed by atoms with Crippen LogP contribution in [0.2, 0.25) is 0 Å². The van der Waals surface area contributed by atoms with Gasteiger partial charge in [0.15, 0.2) is 0 Å². The quantitative estimate of drug-likeness (QED) is 0.747. The molecule has 0 fully saturated rings. The first-order valence-corrected chi connectivity index (χ1v) is 9.89. The van der Waals surface area contributed by atoms with Crippen LogP contribution in [0.25, 0.3) is 10.9 Å². The van der Waals surface area contributed by atoms with Crippen LogP contribution < -0.4 is 5.32 Å². The number of carbonyl (C=O) groups is 1. The number of amides is 1. The van der Waals surface area contributed by atoms with Crippen LogP contribution in [-0.2, 0) is 30.6 Å². The van der Waals surface area contributed by atoms with Crippen molar-refractivity contribution in [1.29, 1.82) is 0 Å². The number of fused-ring (bicyclic) bond motifs is 3. The molecule has 1 aromatic heterocycles. The molecule has 0 bridgehead atoms. The number of rotatable bonds is 2. The molecule has 2 aliphatic rings. The van der Waals surface area contributed by atoms with Crippen LogP contribution in [0.5, 0.6) is 0 Å². The topological polar surface area (TPSA) is 34.0 Å². The third-order valence-electron chi connectivity index (χ3n) is 5.60. The van der Waals surface area contributed by atoms with Crippen molar-refractivity contribution in [3.05, 3.63) is 29.0 Å². The molecule has 25 heavy (non-hydrogen) atoms. The van der Waals surface area contributed by atoms with Crippen molar-refractivity contribution in [1.82, 2.24) is 4.57 Å². The van der Waals surface area contributed by atoms with Gasteiger partial charge in [-0.1, -0.05) is 27.2 Å². The van der Waals surface area contributed by atoms with E-state index in [0.29, 0.717) is 6.42 Å². The Morgan fingerprint density at radius 2 is 1.88 bits per heavy atom. The standard InChI is InChI=1S/C22H30N2O/c1-22(2,3)14-20(25)23-16-12-15-8-7-11-24-19-10-6-4-5-9-17(19)18(13-16)21(15)24/h12-13H,4-11,14H2,1-3H3,(H,23,25). The molecule has 134 valence electrons. The highest BCUT2D eigenvalue weighted by Gasteiger charge is 2.24. The lowest BCUT2D eigenvalue weighted by Crippen LogP contribution is -2.20. The molecule has 3 heteroatoms. The maximum absolute atomic E-state index is 12.4. The van der Waals surface area contributed by atoms with E-state index in [4.69, 9.17) is 0 Å². The second-order valence-corrected chi connectivity index (χ2v) is 9.06. The molecular formula is C22H30N2O. The summed E-state index contributed by atoms with van der Waals surface area (Å²) in [6, 6.07) is 4.46. The zero-order chi connectivity index (χ0) is 17.6. The van der Waals surface area contributed by atoms with Crippen LogP contribution in [0.3, 0.4) is 0 Å². The largest absolute Gasteiger partial charge is 0.344 e. The normalized spacial score (nSPS) is 17.2. The lowest BCUT2D eigenvalue weighted by molar-refractivity contribution is -0.117. The predicted molar refractivity (Wildman–Crippen MR) is 104 cm³/mol. The van der Waals surface area contributed by atoms with Crippen molar-refractivity contribution < 1.29 is 4.79 Å². The maximum atomic E-state index is 12.4. The smallest absolute Gasteiger partial charge is 0.224 e. The van der Waals surface area contributed by atoms with Crippen LogP contribution in [0.4, 0.5) is 5.69 Å². The number of aryl methyl sites for hydroxylation is 3. The summed E-state index contributed by atoms with van der Waals surface area (Å²) >= 11 is 0. The SMILES string of the molecule is CC(C)(C)CC(=O)Nc1cc2c3c(c1)c1c(n3CCC2)CCCCC1. The van der Waals surface area contributed by atoms with Gasteiger partial charge < -0.3 is 9.88 Å². The van der Waals surface area contributed by atoms with Crippen molar-refractivity contribution in [2.24, 2.45) is 5.41 Å². The highest BCUT2D eigenvalue weighted by Crippen LogP contribution is 2.38. The van der Waals surface area contributed by atoms with Crippen molar-refractivity contribution in [2.75, 3.05) is 5.32 Å². The molecule has 1 aromatic carbocycles. The molecular weight excluding hydrogens is 308 g/mol. The van der Waals surface area contributed by atoms with Crippen LogP contribution in [0.1, 0.15) is 69.7 Å². The highest BCUT2D eigenvalue weighted by molar-refractivity contribution is 5.97. The molecule has 0 radical (unpaired) electrons. The molecule has 2 aromatic rings. The van der Waals surface area contributed by atoms with Gasteiger partial charge in [0, 0.05) is 29.7 Å².